The summed E-state index contributed by atoms with van der Waals surface area (Å²) < 4.78 is 20.9. The number of nitrogens with one attached hydrogen (secondary N) is 2. The summed E-state index contributed by atoms with van der Waals surface area (Å²) in [6.45, 7) is 7.57. The summed E-state index contributed by atoms with van der Waals surface area (Å²) in [7, 11) is 2.10. The average molecular weight is 495 g/mol. The predicted molar refractivity (Wildman–Crippen MR) is 135 cm³/mol. The Bertz CT molecular complexity index is 1180. The number of nitrogens with zero attached hydrogens (tertiary/aromatic N) is 6. The van der Waals surface area contributed by atoms with Gasteiger partial charge in [-0.05, 0) is 31.7 Å². The van der Waals surface area contributed by atoms with E-state index in [0.29, 0.717) is 41.9 Å². The Balaban J connectivity index is 1.43. The first kappa shape index (κ1) is 24.1. The van der Waals surface area contributed by atoms with E-state index in [2.05, 4.69) is 54.2 Å². The lowest BCUT2D eigenvalue weighted by Crippen LogP contribution is -2.50. The molecule has 10 nitrogen and oxygen atoms in total. The molecule has 0 spiro atoms. The molecule has 0 aliphatic carbocycles. The molecule has 36 heavy (non-hydrogen) atoms. The van der Waals surface area contributed by atoms with Gasteiger partial charge >= 0.3 is 0 Å². The molecule has 2 aromatic heterocycles. The number of H-pyrrole nitrogens is 1. The molecule has 190 valence electrons. The number of amides is 1. The van der Waals surface area contributed by atoms with Crippen LogP contribution in [0.1, 0.15) is 22.8 Å². The van der Waals surface area contributed by atoms with Crippen LogP contribution in [0.15, 0.2) is 36.9 Å². The molecule has 1 aromatic carbocycles. The van der Waals surface area contributed by atoms with Crippen molar-refractivity contribution in [2.75, 3.05) is 62.8 Å². The van der Waals surface area contributed by atoms with Crippen LogP contribution in [-0.4, -0.2) is 90.0 Å². The molecule has 1 atom stereocenters. The SMILES string of the molecule is C[C@@H]1CN(c2cc(F)c(-c3cnc(N4CCOCC4)nc3)cc2CNC(=O)c2cn[nH]c2)CCN1C. The number of anilines is 2. The van der Waals surface area contributed by atoms with Crippen LogP contribution in [0.2, 0.25) is 0 Å². The normalized spacial score (nSPS) is 18.9. The van der Waals surface area contributed by atoms with Gasteiger partial charge in [-0.15, -0.1) is 0 Å². The van der Waals surface area contributed by atoms with Crippen LogP contribution in [0.25, 0.3) is 11.1 Å². The van der Waals surface area contributed by atoms with E-state index in [-0.39, 0.29) is 18.3 Å². The summed E-state index contributed by atoms with van der Waals surface area (Å²) in [6.07, 6.45) is 6.33. The van der Waals surface area contributed by atoms with Gasteiger partial charge in [0.25, 0.3) is 5.91 Å². The fourth-order valence-electron chi connectivity index (χ4n) is 4.57. The lowest BCUT2D eigenvalue weighted by molar-refractivity contribution is 0.0951. The maximum Gasteiger partial charge on any atom is 0.254 e. The number of ether oxygens (including phenoxy) is 1. The molecule has 4 heterocycles. The molecule has 3 aromatic rings. The second-order valence-electron chi connectivity index (χ2n) is 9.28. The van der Waals surface area contributed by atoms with Crippen molar-refractivity contribution in [3.05, 3.63) is 53.9 Å². The van der Waals surface area contributed by atoms with Gasteiger partial charge in [0.1, 0.15) is 5.82 Å². The van der Waals surface area contributed by atoms with Crippen molar-refractivity contribution in [1.29, 1.82) is 0 Å². The number of halogens is 1. The number of aromatic amines is 1. The van der Waals surface area contributed by atoms with Crippen LogP contribution >= 0.6 is 0 Å². The third-order valence-electron chi connectivity index (χ3n) is 6.91. The van der Waals surface area contributed by atoms with Crippen LogP contribution in [-0.2, 0) is 11.3 Å². The van der Waals surface area contributed by atoms with Crippen LogP contribution < -0.4 is 15.1 Å². The molecule has 11 heteroatoms. The van der Waals surface area contributed by atoms with E-state index in [4.69, 9.17) is 4.74 Å². The van der Waals surface area contributed by atoms with E-state index in [0.717, 1.165) is 44.0 Å². The van der Waals surface area contributed by atoms with Crippen molar-refractivity contribution >= 4 is 17.5 Å². The average Bonchev–Trinajstić information content (AvgIpc) is 3.45. The number of likely N-dealkylation sites (N-methyl/N-ethyl adjacent to an activating group) is 1. The van der Waals surface area contributed by atoms with E-state index in [1.54, 1.807) is 30.7 Å². The minimum atomic E-state index is -0.343. The molecular weight excluding hydrogens is 463 g/mol. The van der Waals surface area contributed by atoms with Gasteiger partial charge in [0.2, 0.25) is 5.95 Å². The number of aromatic nitrogens is 4. The molecule has 2 saturated heterocycles. The van der Waals surface area contributed by atoms with Crippen LogP contribution in [0.3, 0.4) is 0 Å². The molecule has 2 fully saturated rings. The molecule has 1 amide bonds. The number of morpholine rings is 1. The standard InChI is InChI=1S/C25H31FN8O2/c1-17-16-34(4-3-32(17)2)23-10-22(26)21(9-18(23)11-27-24(35)20-14-30-31-15-20)19-12-28-25(29-13-19)33-5-7-36-8-6-33/h9-10,12-15,17H,3-8,11,16H2,1-2H3,(H,27,35)(H,30,31)/t17-/m1/s1. The van der Waals surface area contributed by atoms with Crippen molar-refractivity contribution in [3.63, 3.8) is 0 Å². The monoisotopic (exact) mass is 494 g/mol. The van der Waals surface area contributed by atoms with Gasteiger partial charge in [0.05, 0.1) is 25.0 Å². The van der Waals surface area contributed by atoms with Crippen molar-refractivity contribution in [2.24, 2.45) is 0 Å². The maximum absolute atomic E-state index is 15.5. The van der Waals surface area contributed by atoms with Crippen LogP contribution in [0.4, 0.5) is 16.0 Å². The number of carbonyl (C=O) groups is 1. The topological polar surface area (TPSA) is 103 Å². The number of carbonyl (C=O) groups excluding carboxylic acids is 1. The molecule has 0 unspecified atom stereocenters. The van der Waals surface area contributed by atoms with Crippen LogP contribution in [0.5, 0.6) is 0 Å². The van der Waals surface area contributed by atoms with Crippen molar-refractivity contribution in [2.45, 2.75) is 19.5 Å². The van der Waals surface area contributed by atoms with E-state index in [9.17, 15) is 4.79 Å². The number of hydrogen-bond donors (Lipinski definition) is 2. The fraction of sp³-hybridized carbons (Fsp3) is 0.440. The molecule has 5 rings (SSSR count). The Morgan fingerprint density at radius 1 is 1.14 bits per heavy atom. The summed E-state index contributed by atoms with van der Waals surface area (Å²) in [5, 5.41) is 9.43. The minimum absolute atomic E-state index is 0.245. The number of rotatable bonds is 6. The highest BCUT2D eigenvalue weighted by Crippen LogP contribution is 2.32. The minimum Gasteiger partial charge on any atom is -0.378 e. The fourth-order valence-corrected chi connectivity index (χ4v) is 4.57. The Kier molecular flexibility index (Phi) is 7.10. The third-order valence-corrected chi connectivity index (χ3v) is 6.91. The highest BCUT2D eigenvalue weighted by atomic mass is 19.1. The van der Waals surface area contributed by atoms with Gasteiger partial charge in [-0.3, -0.25) is 9.89 Å². The first-order chi connectivity index (χ1) is 17.5. The summed E-state index contributed by atoms with van der Waals surface area (Å²) in [5.74, 6) is 0.0211. The Morgan fingerprint density at radius 2 is 1.92 bits per heavy atom. The van der Waals surface area contributed by atoms with Crippen molar-refractivity contribution in [1.82, 2.24) is 30.4 Å². The quantitative estimate of drug-likeness (QED) is 0.536. The molecule has 0 radical (unpaired) electrons. The molecule has 2 N–H and O–H groups in total. The second kappa shape index (κ2) is 10.6. The maximum atomic E-state index is 15.5. The van der Waals surface area contributed by atoms with Gasteiger partial charge in [-0.25, -0.2) is 14.4 Å². The summed E-state index contributed by atoms with van der Waals surface area (Å²) in [5.41, 5.74) is 3.05. The van der Waals surface area contributed by atoms with E-state index < -0.39 is 0 Å². The zero-order chi connectivity index (χ0) is 25.1. The highest BCUT2D eigenvalue weighted by Gasteiger charge is 2.25. The smallest absolute Gasteiger partial charge is 0.254 e. The van der Waals surface area contributed by atoms with Crippen molar-refractivity contribution < 1.29 is 13.9 Å². The summed E-state index contributed by atoms with van der Waals surface area (Å²) >= 11 is 0. The van der Waals surface area contributed by atoms with Gasteiger partial charge in [-0.1, -0.05) is 0 Å². The van der Waals surface area contributed by atoms with E-state index in [1.165, 1.54) is 6.20 Å². The number of benzene rings is 1. The zero-order valence-electron chi connectivity index (χ0n) is 20.6. The highest BCUT2D eigenvalue weighted by molar-refractivity contribution is 5.93. The first-order valence-electron chi connectivity index (χ1n) is 12.2. The van der Waals surface area contributed by atoms with Crippen LogP contribution in [0, 0.1) is 5.82 Å². The number of piperazine rings is 1. The Morgan fingerprint density at radius 3 is 2.61 bits per heavy atom. The van der Waals surface area contributed by atoms with Gasteiger partial charge in [0.15, 0.2) is 0 Å². The second-order valence-corrected chi connectivity index (χ2v) is 9.28. The Hall–Kier alpha value is -3.57. The molecular formula is C25H31FN8O2. The third kappa shape index (κ3) is 5.17. The predicted octanol–water partition coefficient (Wildman–Crippen LogP) is 1.91. The van der Waals surface area contributed by atoms with E-state index >= 15 is 4.39 Å². The van der Waals surface area contributed by atoms with Gasteiger partial charge < -0.3 is 24.8 Å². The van der Waals surface area contributed by atoms with E-state index in [1.807, 2.05) is 0 Å². The molecule has 0 bridgehead atoms. The van der Waals surface area contributed by atoms with Gasteiger partial charge in [-0.2, -0.15) is 5.10 Å². The molecule has 0 saturated carbocycles. The number of hydrogen-bond acceptors (Lipinski definition) is 8. The zero-order valence-corrected chi connectivity index (χ0v) is 20.6. The molecule has 2 aliphatic heterocycles. The molecule has 2 aliphatic rings. The Labute approximate surface area is 209 Å². The van der Waals surface area contributed by atoms with Gasteiger partial charge in [0, 0.05) is 80.7 Å². The lowest BCUT2D eigenvalue weighted by Gasteiger charge is -2.40. The van der Waals surface area contributed by atoms with Crippen molar-refractivity contribution in [3.8, 4) is 11.1 Å². The summed E-state index contributed by atoms with van der Waals surface area (Å²) in [4.78, 5) is 28.1. The first-order valence-corrected chi connectivity index (χ1v) is 12.2. The summed E-state index contributed by atoms with van der Waals surface area (Å²) in [6, 6.07) is 3.70. The lowest BCUT2D eigenvalue weighted by atomic mass is 10.0. The largest absolute Gasteiger partial charge is 0.378 e.